The number of esters is 1. The SMILES string of the molecule is CC[C@H](OC(=O)c1cc(-c2ccc(Br)cc2)nc2ccccc12)C(=O)c1ccccc1. The van der Waals surface area contributed by atoms with Gasteiger partial charge >= 0.3 is 5.97 Å². The van der Waals surface area contributed by atoms with Gasteiger partial charge in [-0.3, -0.25) is 4.79 Å². The Morgan fingerprint density at radius 3 is 2.32 bits per heavy atom. The molecule has 0 aliphatic heterocycles. The van der Waals surface area contributed by atoms with Gasteiger partial charge in [0, 0.05) is 21.0 Å². The molecule has 0 fully saturated rings. The lowest BCUT2D eigenvalue weighted by molar-refractivity contribution is 0.0279. The number of rotatable bonds is 6. The smallest absolute Gasteiger partial charge is 0.339 e. The van der Waals surface area contributed by atoms with Crippen LogP contribution in [0.1, 0.15) is 34.1 Å². The minimum absolute atomic E-state index is 0.206. The van der Waals surface area contributed by atoms with Crippen LogP contribution < -0.4 is 0 Å². The summed E-state index contributed by atoms with van der Waals surface area (Å²) in [5, 5.41) is 0.690. The zero-order valence-corrected chi connectivity index (χ0v) is 18.5. The Kier molecular flexibility index (Phi) is 6.23. The van der Waals surface area contributed by atoms with Gasteiger partial charge in [-0.25, -0.2) is 9.78 Å². The molecule has 4 aromatic rings. The average molecular weight is 474 g/mol. The fourth-order valence-electron chi connectivity index (χ4n) is 3.42. The molecule has 0 saturated heterocycles. The number of Topliss-reactive ketones (excluding diaryl/α,β-unsaturated/α-hetero) is 1. The number of nitrogens with zero attached hydrogens (tertiary/aromatic N) is 1. The number of carbonyl (C=O) groups is 2. The van der Waals surface area contributed by atoms with Crippen molar-refractivity contribution in [1.29, 1.82) is 0 Å². The summed E-state index contributed by atoms with van der Waals surface area (Å²) >= 11 is 3.44. The van der Waals surface area contributed by atoms with E-state index in [0.717, 1.165) is 10.0 Å². The first-order valence-electron chi connectivity index (χ1n) is 10.0. The third kappa shape index (κ3) is 4.57. The van der Waals surface area contributed by atoms with Gasteiger partial charge in [0.1, 0.15) is 0 Å². The number of halogens is 1. The van der Waals surface area contributed by atoms with E-state index in [0.29, 0.717) is 34.1 Å². The predicted molar refractivity (Wildman–Crippen MR) is 125 cm³/mol. The van der Waals surface area contributed by atoms with Gasteiger partial charge in [-0.15, -0.1) is 0 Å². The zero-order valence-electron chi connectivity index (χ0n) is 16.9. The topological polar surface area (TPSA) is 56.3 Å². The Balaban J connectivity index is 1.71. The number of aromatic nitrogens is 1. The van der Waals surface area contributed by atoms with Crippen LogP contribution in [0.2, 0.25) is 0 Å². The maximum Gasteiger partial charge on any atom is 0.339 e. The molecule has 1 atom stereocenters. The van der Waals surface area contributed by atoms with Crippen LogP contribution in [-0.2, 0) is 4.74 Å². The van der Waals surface area contributed by atoms with E-state index in [2.05, 4.69) is 15.9 Å². The molecule has 0 amide bonds. The van der Waals surface area contributed by atoms with Crippen LogP contribution in [0.25, 0.3) is 22.2 Å². The van der Waals surface area contributed by atoms with E-state index in [1.807, 2.05) is 61.5 Å². The summed E-state index contributed by atoms with van der Waals surface area (Å²) in [7, 11) is 0. The summed E-state index contributed by atoms with van der Waals surface area (Å²) in [5.41, 5.74) is 3.16. The molecule has 1 aromatic heterocycles. The number of para-hydroxylation sites is 1. The maximum atomic E-state index is 13.2. The molecule has 0 N–H and O–H groups in total. The van der Waals surface area contributed by atoms with E-state index in [1.54, 1.807) is 30.3 Å². The predicted octanol–water partition coefficient (Wildman–Crippen LogP) is 6.48. The summed E-state index contributed by atoms with van der Waals surface area (Å²) in [6.07, 6.45) is -0.458. The summed E-state index contributed by atoms with van der Waals surface area (Å²) in [6.45, 7) is 1.83. The number of ketones is 1. The highest BCUT2D eigenvalue weighted by molar-refractivity contribution is 9.10. The van der Waals surface area contributed by atoms with Crippen molar-refractivity contribution in [3.63, 3.8) is 0 Å². The highest BCUT2D eigenvalue weighted by Gasteiger charge is 2.24. The molecule has 4 nitrogen and oxygen atoms in total. The fourth-order valence-corrected chi connectivity index (χ4v) is 3.68. The van der Waals surface area contributed by atoms with Crippen molar-refractivity contribution in [1.82, 2.24) is 4.98 Å². The minimum atomic E-state index is -0.849. The van der Waals surface area contributed by atoms with E-state index >= 15 is 0 Å². The van der Waals surface area contributed by atoms with Crippen LogP contribution in [0.4, 0.5) is 0 Å². The van der Waals surface area contributed by atoms with E-state index < -0.39 is 12.1 Å². The van der Waals surface area contributed by atoms with Gasteiger partial charge in [0.15, 0.2) is 6.10 Å². The lowest BCUT2D eigenvalue weighted by Crippen LogP contribution is -2.27. The molecular formula is C26H20BrNO3. The van der Waals surface area contributed by atoms with Gasteiger partial charge < -0.3 is 4.74 Å². The molecule has 31 heavy (non-hydrogen) atoms. The third-order valence-electron chi connectivity index (χ3n) is 5.05. The number of ether oxygens (including phenoxy) is 1. The van der Waals surface area contributed by atoms with Crippen molar-refractivity contribution in [3.8, 4) is 11.3 Å². The van der Waals surface area contributed by atoms with E-state index in [9.17, 15) is 9.59 Å². The van der Waals surface area contributed by atoms with Gasteiger partial charge in [0.25, 0.3) is 0 Å². The molecule has 0 spiro atoms. The zero-order chi connectivity index (χ0) is 21.8. The Morgan fingerprint density at radius 1 is 0.935 bits per heavy atom. The molecule has 0 bridgehead atoms. The first-order chi connectivity index (χ1) is 15.1. The summed E-state index contributed by atoms with van der Waals surface area (Å²) < 4.78 is 6.66. The Bertz CT molecular complexity index is 1240. The molecular weight excluding hydrogens is 454 g/mol. The van der Waals surface area contributed by atoms with Crippen LogP contribution in [0, 0.1) is 0 Å². The van der Waals surface area contributed by atoms with Crippen molar-refractivity contribution < 1.29 is 14.3 Å². The molecule has 0 saturated carbocycles. The molecule has 1 heterocycles. The van der Waals surface area contributed by atoms with Crippen molar-refractivity contribution >= 4 is 38.6 Å². The van der Waals surface area contributed by atoms with E-state index in [-0.39, 0.29) is 5.78 Å². The largest absolute Gasteiger partial charge is 0.450 e. The second-order valence-corrected chi connectivity index (χ2v) is 8.03. The molecule has 0 unspecified atom stereocenters. The lowest BCUT2D eigenvalue weighted by atomic mass is 10.0. The van der Waals surface area contributed by atoms with Crippen LogP contribution in [-0.4, -0.2) is 22.8 Å². The first-order valence-corrected chi connectivity index (χ1v) is 10.8. The van der Waals surface area contributed by atoms with Crippen LogP contribution >= 0.6 is 15.9 Å². The minimum Gasteiger partial charge on any atom is -0.450 e. The molecule has 5 heteroatoms. The number of pyridine rings is 1. The first kappa shape index (κ1) is 20.9. The Morgan fingerprint density at radius 2 is 1.61 bits per heavy atom. The van der Waals surface area contributed by atoms with Crippen molar-refractivity contribution in [2.45, 2.75) is 19.4 Å². The highest BCUT2D eigenvalue weighted by atomic mass is 79.9. The number of carbonyl (C=O) groups excluding carboxylic acids is 2. The van der Waals surface area contributed by atoms with Crippen LogP contribution in [0.3, 0.4) is 0 Å². The fraction of sp³-hybridized carbons (Fsp3) is 0.115. The molecule has 4 rings (SSSR count). The molecule has 0 radical (unpaired) electrons. The Labute approximate surface area is 189 Å². The highest BCUT2D eigenvalue weighted by Crippen LogP contribution is 2.27. The van der Waals surface area contributed by atoms with Crippen molar-refractivity contribution in [2.75, 3.05) is 0 Å². The second-order valence-electron chi connectivity index (χ2n) is 7.11. The third-order valence-corrected chi connectivity index (χ3v) is 5.58. The van der Waals surface area contributed by atoms with Gasteiger partial charge in [-0.1, -0.05) is 83.5 Å². The summed E-state index contributed by atoms with van der Waals surface area (Å²) in [4.78, 5) is 30.7. The number of benzene rings is 3. The van der Waals surface area contributed by atoms with Gasteiger partial charge in [-0.05, 0) is 30.7 Å². The van der Waals surface area contributed by atoms with Crippen LogP contribution in [0.5, 0.6) is 0 Å². The number of hydrogen-bond donors (Lipinski definition) is 0. The van der Waals surface area contributed by atoms with E-state index in [1.165, 1.54) is 0 Å². The monoisotopic (exact) mass is 473 g/mol. The Hall–Kier alpha value is -3.31. The average Bonchev–Trinajstić information content (AvgIpc) is 2.82. The van der Waals surface area contributed by atoms with Crippen molar-refractivity contribution in [3.05, 3.63) is 101 Å². The lowest BCUT2D eigenvalue weighted by Gasteiger charge is -2.16. The van der Waals surface area contributed by atoms with Crippen molar-refractivity contribution in [2.24, 2.45) is 0 Å². The number of fused-ring (bicyclic) bond motifs is 1. The van der Waals surface area contributed by atoms with Gasteiger partial charge in [0.2, 0.25) is 5.78 Å². The molecule has 0 aliphatic carbocycles. The molecule has 3 aromatic carbocycles. The number of hydrogen-bond acceptors (Lipinski definition) is 4. The summed E-state index contributed by atoms with van der Waals surface area (Å²) in [5.74, 6) is -0.740. The maximum absolute atomic E-state index is 13.2. The molecule has 154 valence electrons. The quantitative estimate of drug-likeness (QED) is 0.237. The second kappa shape index (κ2) is 9.23. The van der Waals surface area contributed by atoms with Gasteiger partial charge in [0.05, 0.1) is 16.8 Å². The van der Waals surface area contributed by atoms with Crippen LogP contribution in [0.15, 0.2) is 89.4 Å². The molecule has 0 aliphatic rings. The standard InChI is InChI=1S/C26H20BrNO3/c1-2-24(25(29)18-8-4-3-5-9-18)31-26(30)21-16-23(17-12-14-19(27)15-13-17)28-22-11-7-6-10-20(21)22/h3-16,24H,2H2,1H3/t24-/m0/s1. The normalized spacial score (nSPS) is 11.8. The van der Waals surface area contributed by atoms with Gasteiger partial charge in [-0.2, -0.15) is 0 Å². The van der Waals surface area contributed by atoms with E-state index in [4.69, 9.17) is 9.72 Å². The summed E-state index contributed by atoms with van der Waals surface area (Å²) in [6, 6.07) is 25.8.